The lowest BCUT2D eigenvalue weighted by atomic mass is 9.71. The normalized spacial score (nSPS) is 20.4. The first-order valence-electron chi connectivity index (χ1n) is 5.20. The zero-order valence-electron chi connectivity index (χ0n) is 9.56. The summed E-state index contributed by atoms with van der Waals surface area (Å²) in [7, 11) is 0. The monoisotopic (exact) mass is 184 g/mol. The van der Waals surface area contributed by atoms with Gasteiger partial charge in [-0.05, 0) is 30.1 Å². The molecule has 0 aromatic rings. The van der Waals surface area contributed by atoms with E-state index in [1.54, 1.807) is 0 Å². The molecule has 0 aliphatic heterocycles. The molecule has 1 nitrogen and oxygen atoms in total. The maximum Gasteiger partial charge on any atom is 0.0484 e. The van der Waals surface area contributed by atoms with E-state index in [-0.39, 0.29) is 17.4 Å². The fourth-order valence-corrected chi connectivity index (χ4v) is 1.61. The molecule has 0 spiro atoms. The molecule has 1 heteroatoms. The largest absolute Gasteiger partial charge is 0.396 e. The third-order valence-corrected chi connectivity index (χ3v) is 3.37. The molecule has 0 rings (SSSR count). The Kier molecular flexibility index (Phi) is 4.69. The van der Waals surface area contributed by atoms with Gasteiger partial charge in [-0.15, -0.1) is 6.58 Å². The van der Waals surface area contributed by atoms with E-state index in [2.05, 4.69) is 34.3 Å². The molecule has 0 saturated carbocycles. The van der Waals surface area contributed by atoms with Crippen LogP contribution in [-0.4, -0.2) is 11.7 Å². The molecule has 0 saturated heterocycles. The highest BCUT2D eigenvalue weighted by Crippen LogP contribution is 2.39. The van der Waals surface area contributed by atoms with E-state index in [4.69, 9.17) is 0 Å². The summed E-state index contributed by atoms with van der Waals surface area (Å²) in [6.45, 7) is 12.8. The molecule has 0 aliphatic rings. The molecule has 2 unspecified atom stereocenters. The van der Waals surface area contributed by atoms with Gasteiger partial charge in [-0.3, -0.25) is 0 Å². The molecule has 0 fully saturated rings. The Labute approximate surface area is 82.9 Å². The minimum absolute atomic E-state index is 0.0545. The fourth-order valence-electron chi connectivity index (χ4n) is 1.61. The lowest BCUT2D eigenvalue weighted by Crippen LogP contribution is -2.28. The quantitative estimate of drug-likeness (QED) is 0.627. The zero-order valence-corrected chi connectivity index (χ0v) is 9.56. The van der Waals surface area contributed by atoms with E-state index < -0.39 is 0 Å². The minimum atomic E-state index is 0.0545. The maximum atomic E-state index is 9.31. The average molecular weight is 184 g/mol. The fraction of sp³-hybridized carbons (Fsp3) is 0.833. The van der Waals surface area contributed by atoms with Crippen LogP contribution in [0.25, 0.3) is 0 Å². The van der Waals surface area contributed by atoms with E-state index in [0.717, 1.165) is 19.3 Å². The van der Waals surface area contributed by atoms with Crippen molar-refractivity contribution in [2.24, 2.45) is 10.8 Å². The van der Waals surface area contributed by atoms with Crippen molar-refractivity contribution in [3.8, 4) is 0 Å². The third-order valence-electron chi connectivity index (χ3n) is 3.37. The van der Waals surface area contributed by atoms with E-state index in [0.29, 0.717) is 0 Å². The summed E-state index contributed by atoms with van der Waals surface area (Å²) in [6.07, 6.45) is 5.16. The Balaban J connectivity index is 4.45. The molecular formula is C12H24O. The van der Waals surface area contributed by atoms with Crippen LogP contribution in [0, 0.1) is 10.8 Å². The molecule has 2 atom stereocenters. The molecule has 13 heavy (non-hydrogen) atoms. The van der Waals surface area contributed by atoms with Gasteiger partial charge < -0.3 is 5.11 Å². The van der Waals surface area contributed by atoms with Crippen molar-refractivity contribution >= 4 is 0 Å². The van der Waals surface area contributed by atoms with Crippen LogP contribution in [0.2, 0.25) is 0 Å². The number of aliphatic hydroxyl groups is 1. The smallest absolute Gasteiger partial charge is 0.0484 e. The lowest BCUT2D eigenvalue weighted by Gasteiger charge is -2.35. The van der Waals surface area contributed by atoms with Crippen molar-refractivity contribution in [2.45, 2.75) is 47.0 Å². The van der Waals surface area contributed by atoms with Gasteiger partial charge in [-0.1, -0.05) is 33.8 Å². The number of hydrogen-bond donors (Lipinski definition) is 1. The molecule has 0 aliphatic carbocycles. The van der Waals surface area contributed by atoms with Gasteiger partial charge in [0.15, 0.2) is 0 Å². The lowest BCUT2D eigenvalue weighted by molar-refractivity contribution is 0.0916. The summed E-state index contributed by atoms with van der Waals surface area (Å²) in [5.74, 6) is 0. The Bertz CT molecular complexity index is 159. The third kappa shape index (κ3) is 3.51. The first-order valence-corrected chi connectivity index (χ1v) is 5.20. The van der Waals surface area contributed by atoms with Crippen molar-refractivity contribution in [1.29, 1.82) is 0 Å². The second-order valence-electron chi connectivity index (χ2n) is 4.71. The van der Waals surface area contributed by atoms with Gasteiger partial charge in [0.05, 0.1) is 0 Å². The first kappa shape index (κ1) is 12.7. The Morgan fingerprint density at radius 3 is 2.00 bits per heavy atom. The average Bonchev–Trinajstić information content (AvgIpc) is 2.17. The van der Waals surface area contributed by atoms with E-state index >= 15 is 0 Å². The molecule has 1 N–H and O–H groups in total. The molecule has 0 aromatic heterocycles. The highest BCUT2D eigenvalue weighted by Gasteiger charge is 2.30. The number of hydrogen-bond acceptors (Lipinski definition) is 1. The second kappa shape index (κ2) is 4.80. The Morgan fingerprint density at radius 2 is 1.77 bits per heavy atom. The van der Waals surface area contributed by atoms with Crippen LogP contribution < -0.4 is 0 Å². The van der Waals surface area contributed by atoms with Gasteiger partial charge in [-0.25, -0.2) is 0 Å². The first-order chi connectivity index (χ1) is 5.95. The minimum Gasteiger partial charge on any atom is -0.396 e. The van der Waals surface area contributed by atoms with Crippen molar-refractivity contribution < 1.29 is 5.11 Å². The number of rotatable bonds is 6. The predicted molar refractivity (Wildman–Crippen MR) is 58.7 cm³/mol. The van der Waals surface area contributed by atoms with E-state index in [1.807, 2.05) is 6.08 Å². The molecule has 0 heterocycles. The van der Waals surface area contributed by atoms with Crippen LogP contribution >= 0.6 is 0 Å². The van der Waals surface area contributed by atoms with Crippen molar-refractivity contribution in [1.82, 2.24) is 0 Å². The van der Waals surface area contributed by atoms with Gasteiger partial charge in [0.2, 0.25) is 0 Å². The van der Waals surface area contributed by atoms with E-state index in [9.17, 15) is 5.11 Å². The van der Waals surface area contributed by atoms with Crippen LogP contribution in [0.15, 0.2) is 12.7 Å². The Morgan fingerprint density at radius 1 is 1.23 bits per heavy atom. The summed E-state index contributed by atoms with van der Waals surface area (Å²) in [5.41, 5.74) is 0.229. The maximum absolute atomic E-state index is 9.31. The highest BCUT2D eigenvalue weighted by atomic mass is 16.3. The van der Waals surface area contributed by atoms with Gasteiger partial charge in [-0.2, -0.15) is 0 Å². The van der Waals surface area contributed by atoms with Crippen LogP contribution in [0.4, 0.5) is 0 Å². The summed E-state index contributed by atoms with van der Waals surface area (Å²) < 4.78 is 0. The second-order valence-corrected chi connectivity index (χ2v) is 4.71. The molecule has 0 amide bonds. The van der Waals surface area contributed by atoms with Crippen LogP contribution in [0.5, 0.6) is 0 Å². The van der Waals surface area contributed by atoms with Gasteiger partial charge in [0.25, 0.3) is 0 Å². The highest BCUT2D eigenvalue weighted by molar-refractivity contribution is 4.94. The van der Waals surface area contributed by atoms with Crippen molar-refractivity contribution in [3.63, 3.8) is 0 Å². The predicted octanol–water partition coefficient (Wildman–Crippen LogP) is 3.39. The van der Waals surface area contributed by atoms with Crippen LogP contribution in [0.1, 0.15) is 47.0 Å². The van der Waals surface area contributed by atoms with Crippen molar-refractivity contribution in [2.75, 3.05) is 6.61 Å². The molecule has 0 radical (unpaired) electrons. The molecule has 0 aromatic carbocycles. The number of aliphatic hydroxyl groups excluding tert-OH is 1. The molecule has 0 bridgehead atoms. The topological polar surface area (TPSA) is 20.2 Å². The summed E-state index contributed by atoms with van der Waals surface area (Å²) in [4.78, 5) is 0. The summed E-state index contributed by atoms with van der Waals surface area (Å²) in [5, 5.41) is 9.31. The summed E-state index contributed by atoms with van der Waals surface area (Å²) in [6, 6.07) is 0. The summed E-state index contributed by atoms with van der Waals surface area (Å²) >= 11 is 0. The van der Waals surface area contributed by atoms with E-state index in [1.165, 1.54) is 0 Å². The van der Waals surface area contributed by atoms with Gasteiger partial charge >= 0.3 is 0 Å². The number of allylic oxidation sites excluding steroid dienone is 1. The SMILES string of the molecule is C=CC(C)(CC)CC(C)(CC)CO. The van der Waals surface area contributed by atoms with Crippen LogP contribution in [-0.2, 0) is 0 Å². The molecular weight excluding hydrogens is 160 g/mol. The zero-order chi connectivity index (χ0) is 10.5. The van der Waals surface area contributed by atoms with Crippen LogP contribution in [0.3, 0.4) is 0 Å². The van der Waals surface area contributed by atoms with Gasteiger partial charge in [0, 0.05) is 6.61 Å². The molecule has 78 valence electrons. The Hall–Kier alpha value is -0.300. The van der Waals surface area contributed by atoms with Crippen molar-refractivity contribution in [3.05, 3.63) is 12.7 Å². The van der Waals surface area contributed by atoms with Gasteiger partial charge in [0.1, 0.15) is 0 Å². The standard InChI is InChI=1S/C12H24O/c1-6-11(4,7-2)9-12(5,8-3)10-13/h6,13H,1,7-10H2,2-5H3.